The predicted octanol–water partition coefficient (Wildman–Crippen LogP) is 1.36. The summed E-state index contributed by atoms with van der Waals surface area (Å²) in [5.41, 5.74) is 1.34. The van der Waals surface area contributed by atoms with Gasteiger partial charge in [-0.05, 0) is 63.5 Å². The summed E-state index contributed by atoms with van der Waals surface area (Å²) in [7, 11) is -1.88. The third kappa shape index (κ3) is 3.20. The molecule has 1 fully saturated rings. The minimum absolute atomic E-state index is 0.0114. The number of hydrogen-bond acceptors (Lipinski definition) is 4. The van der Waals surface area contributed by atoms with Crippen LogP contribution in [0.15, 0.2) is 23.1 Å². The quantitative estimate of drug-likeness (QED) is 0.870. The Morgan fingerprint density at radius 1 is 1.21 bits per heavy atom. The molecule has 1 saturated heterocycles. The molecule has 24 heavy (non-hydrogen) atoms. The standard InChI is InChI=1S/C17H25N3O3S/c1-17(2,20-8-4-5-9-20)12-18-24(22,23)14-6-7-15-13(10-14)11-16(21)19(15)3/h6-7,10,18H,4-5,8-9,11-12H2,1-3H3. The van der Waals surface area contributed by atoms with E-state index in [2.05, 4.69) is 23.5 Å². The van der Waals surface area contributed by atoms with Crippen molar-refractivity contribution in [2.45, 2.75) is 43.5 Å². The van der Waals surface area contributed by atoms with E-state index < -0.39 is 10.0 Å². The monoisotopic (exact) mass is 351 g/mol. The van der Waals surface area contributed by atoms with E-state index in [1.54, 1.807) is 30.1 Å². The molecule has 132 valence electrons. The number of amides is 1. The number of fused-ring (bicyclic) bond motifs is 1. The van der Waals surface area contributed by atoms with E-state index >= 15 is 0 Å². The zero-order valence-corrected chi connectivity index (χ0v) is 15.3. The Kier molecular flexibility index (Phi) is 4.44. The lowest BCUT2D eigenvalue weighted by Gasteiger charge is -2.35. The minimum Gasteiger partial charge on any atom is -0.315 e. The smallest absolute Gasteiger partial charge is 0.240 e. The molecule has 0 saturated carbocycles. The van der Waals surface area contributed by atoms with E-state index in [0.717, 1.165) is 24.3 Å². The maximum Gasteiger partial charge on any atom is 0.240 e. The van der Waals surface area contributed by atoms with Crippen molar-refractivity contribution >= 4 is 21.6 Å². The number of sulfonamides is 1. The van der Waals surface area contributed by atoms with E-state index in [4.69, 9.17) is 0 Å². The van der Waals surface area contributed by atoms with Crippen molar-refractivity contribution in [2.75, 3.05) is 31.6 Å². The molecular formula is C17H25N3O3S. The topological polar surface area (TPSA) is 69.7 Å². The van der Waals surface area contributed by atoms with Gasteiger partial charge in [0.05, 0.1) is 11.3 Å². The first-order valence-electron chi connectivity index (χ1n) is 8.35. The highest BCUT2D eigenvalue weighted by Crippen LogP contribution is 2.30. The molecule has 1 aromatic carbocycles. The molecule has 2 aliphatic rings. The summed E-state index contributed by atoms with van der Waals surface area (Å²) in [6.07, 6.45) is 2.60. The zero-order valence-electron chi connectivity index (χ0n) is 14.5. The predicted molar refractivity (Wildman–Crippen MR) is 93.6 cm³/mol. The molecule has 0 unspecified atom stereocenters. The van der Waals surface area contributed by atoms with Crippen LogP contribution in [0, 0.1) is 0 Å². The van der Waals surface area contributed by atoms with Gasteiger partial charge in [-0.3, -0.25) is 9.69 Å². The van der Waals surface area contributed by atoms with Crippen molar-refractivity contribution in [3.8, 4) is 0 Å². The highest BCUT2D eigenvalue weighted by Gasteiger charge is 2.31. The van der Waals surface area contributed by atoms with Crippen molar-refractivity contribution in [2.24, 2.45) is 0 Å². The Morgan fingerprint density at radius 3 is 2.54 bits per heavy atom. The maximum absolute atomic E-state index is 12.6. The Balaban J connectivity index is 1.74. The number of hydrogen-bond donors (Lipinski definition) is 1. The number of nitrogens with zero attached hydrogens (tertiary/aromatic N) is 2. The van der Waals surface area contributed by atoms with Crippen LogP contribution in [-0.2, 0) is 21.2 Å². The van der Waals surface area contributed by atoms with Gasteiger partial charge in [0, 0.05) is 24.8 Å². The number of rotatable bonds is 5. The molecule has 1 aromatic rings. The number of likely N-dealkylation sites (N-methyl/N-ethyl adjacent to an activating group) is 1. The van der Waals surface area contributed by atoms with Crippen LogP contribution in [0.5, 0.6) is 0 Å². The third-order valence-corrected chi connectivity index (χ3v) is 6.49. The molecule has 1 amide bonds. The first-order valence-corrected chi connectivity index (χ1v) is 9.83. The number of anilines is 1. The molecule has 1 N–H and O–H groups in total. The van der Waals surface area contributed by atoms with Gasteiger partial charge < -0.3 is 4.90 Å². The van der Waals surface area contributed by atoms with Gasteiger partial charge in [-0.1, -0.05) is 0 Å². The molecule has 3 rings (SSSR count). The van der Waals surface area contributed by atoms with Gasteiger partial charge in [0.2, 0.25) is 15.9 Å². The van der Waals surface area contributed by atoms with Crippen LogP contribution in [0.25, 0.3) is 0 Å². The number of carbonyl (C=O) groups excluding carboxylic acids is 1. The zero-order chi connectivity index (χ0) is 17.5. The van der Waals surface area contributed by atoms with Crippen LogP contribution in [-0.4, -0.2) is 51.4 Å². The number of nitrogens with one attached hydrogen (secondary N) is 1. The Labute approximate surface area is 143 Å². The van der Waals surface area contributed by atoms with E-state index in [0.29, 0.717) is 6.54 Å². The maximum atomic E-state index is 12.6. The fourth-order valence-corrected chi connectivity index (χ4v) is 4.66. The normalized spacial score (nSPS) is 19.1. The van der Waals surface area contributed by atoms with Crippen LogP contribution in [0.2, 0.25) is 0 Å². The first-order chi connectivity index (χ1) is 11.2. The van der Waals surface area contributed by atoms with Crippen LogP contribution in [0.3, 0.4) is 0 Å². The summed E-state index contributed by atoms with van der Waals surface area (Å²) in [5, 5.41) is 0. The molecule has 0 aromatic heterocycles. The minimum atomic E-state index is -3.59. The Morgan fingerprint density at radius 2 is 1.88 bits per heavy atom. The lowest BCUT2D eigenvalue weighted by molar-refractivity contribution is -0.117. The van der Waals surface area contributed by atoms with Crippen LogP contribution >= 0.6 is 0 Å². The molecule has 0 aliphatic carbocycles. The van der Waals surface area contributed by atoms with Crippen LogP contribution in [0.4, 0.5) is 5.69 Å². The van der Waals surface area contributed by atoms with E-state index in [-0.39, 0.29) is 22.8 Å². The largest absolute Gasteiger partial charge is 0.315 e. The molecular weight excluding hydrogens is 326 g/mol. The highest BCUT2D eigenvalue weighted by atomic mass is 32.2. The van der Waals surface area contributed by atoms with Gasteiger partial charge in [-0.15, -0.1) is 0 Å². The molecule has 0 bridgehead atoms. The summed E-state index contributed by atoms with van der Waals surface area (Å²) >= 11 is 0. The Hall–Kier alpha value is -1.44. The Bertz CT molecular complexity index is 752. The molecule has 2 heterocycles. The lowest BCUT2D eigenvalue weighted by atomic mass is 10.0. The molecule has 7 heteroatoms. The molecule has 0 atom stereocenters. The van der Waals surface area contributed by atoms with Crippen molar-refractivity contribution in [1.29, 1.82) is 0 Å². The second kappa shape index (κ2) is 6.13. The van der Waals surface area contributed by atoms with Crippen molar-refractivity contribution in [3.05, 3.63) is 23.8 Å². The SMILES string of the molecule is CN1C(=O)Cc2cc(S(=O)(=O)NCC(C)(C)N3CCCC3)ccc21. The fraction of sp³-hybridized carbons (Fsp3) is 0.588. The van der Waals surface area contributed by atoms with Gasteiger partial charge >= 0.3 is 0 Å². The van der Waals surface area contributed by atoms with Gasteiger partial charge in [0.15, 0.2) is 0 Å². The number of likely N-dealkylation sites (tertiary alicyclic amines) is 1. The van der Waals surface area contributed by atoms with Gasteiger partial charge in [0.1, 0.15) is 0 Å². The van der Waals surface area contributed by atoms with Crippen molar-refractivity contribution in [3.63, 3.8) is 0 Å². The third-order valence-electron chi connectivity index (χ3n) is 5.10. The second-order valence-electron chi connectivity index (χ2n) is 7.25. The lowest BCUT2D eigenvalue weighted by Crippen LogP contribution is -2.50. The van der Waals surface area contributed by atoms with E-state index in [1.165, 1.54) is 12.8 Å². The average Bonchev–Trinajstić information content (AvgIpc) is 3.15. The molecule has 0 radical (unpaired) electrons. The number of carbonyl (C=O) groups is 1. The second-order valence-corrected chi connectivity index (χ2v) is 9.02. The van der Waals surface area contributed by atoms with Crippen molar-refractivity contribution in [1.82, 2.24) is 9.62 Å². The average molecular weight is 351 g/mol. The fourth-order valence-electron chi connectivity index (χ4n) is 3.40. The summed E-state index contributed by atoms with van der Waals surface area (Å²) < 4.78 is 28.0. The summed E-state index contributed by atoms with van der Waals surface area (Å²) in [6.45, 7) is 6.53. The summed E-state index contributed by atoms with van der Waals surface area (Å²) in [4.78, 5) is 15.9. The van der Waals surface area contributed by atoms with Gasteiger partial charge in [-0.2, -0.15) is 0 Å². The van der Waals surface area contributed by atoms with Gasteiger partial charge in [-0.25, -0.2) is 13.1 Å². The van der Waals surface area contributed by atoms with Crippen LogP contribution < -0.4 is 9.62 Å². The van der Waals surface area contributed by atoms with Crippen LogP contribution in [0.1, 0.15) is 32.3 Å². The van der Waals surface area contributed by atoms with E-state index in [9.17, 15) is 13.2 Å². The van der Waals surface area contributed by atoms with Gasteiger partial charge in [0.25, 0.3) is 0 Å². The van der Waals surface area contributed by atoms with Crippen molar-refractivity contribution < 1.29 is 13.2 Å². The summed E-state index contributed by atoms with van der Waals surface area (Å²) in [6, 6.07) is 4.89. The molecule has 6 nitrogen and oxygen atoms in total. The highest BCUT2D eigenvalue weighted by molar-refractivity contribution is 7.89. The molecule has 0 spiro atoms. The summed E-state index contributed by atoms with van der Waals surface area (Å²) in [5.74, 6) is -0.0114. The van der Waals surface area contributed by atoms with E-state index in [1.807, 2.05) is 0 Å². The first kappa shape index (κ1) is 17.4. The molecule has 2 aliphatic heterocycles. The number of benzene rings is 1.